The second-order valence-electron chi connectivity index (χ2n) is 6.96. The van der Waals surface area contributed by atoms with Crippen molar-refractivity contribution in [2.24, 2.45) is 11.8 Å². The molecule has 1 amide bonds. The summed E-state index contributed by atoms with van der Waals surface area (Å²) in [5, 5.41) is 2.23. The lowest BCUT2D eigenvalue weighted by molar-refractivity contribution is -0.137. The SMILES string of the molecule is O=C(Nc1ccc(C(F)(F)F)c(Cl)c1)C1[C@H]2CC[C@H]1c1c[nH]c(=O)nc1C2. The van der Waals surface area contributed by atoms with E-state index in [4.69, 9.17) is 11.6 Å². The highest BCUT2D eigenvalue weighted by molar-refractivity contribution is 6.31. The number of carbonyl (C=O) groups is 1. The Morgan fingerprint density at radius 1 is 1.30 bits per heavy atom. The van der Waals surface area contributed by atoms with E-state index < -0.39 is 22.5 Å². The topological polar surface area (TPSA) is 74.8 Å². The summed E-state index contributed by atoms with van der Waals surface area (Å²) in [7, 11) is 0. The molecule has 2 aliphatic rings. The molecular formula is C18H15ClF3N3O2. The van der Waals surface area contributed by atoms with Crippen molar-refractivity contribution in [2.75, 3.05) is 5.32 Å². The third-order valence-electron chi connectivity index (χ3n) is 5.41. The molecule has 2 N–H and O–H groups in total. The molecule has 0 aliphatic heterocycles. The molecule has 0 spiro atoms. The lowest BCUT2D eigenvalue weighted by Crippen LogP contribution is -2.35. The third kappa shape index (κ3) is 3.22. The minimum atomic E-state index is -4.55. The van der Waals surface area contributed by atoms with Crippen LogP contribution >= 0.6 is 11.6 Å². The van der Waals surface area contributed by atoms with Crippen LogP contribution in [0.3, 0.4) is 0 Å². The minimum Gasteiger partial charge on any atom is -0.326 e. The number of alkyl halides is 3. The fourth-order valence-electron chi connectivity index (χ4n) is 4.28. The van der Waals surface area contributed by atoms with Gasteiger partial charge >= 0.3 is 11.9 Å². The number of benzene rings is 1. The van der Waals surface area contributed by atoms with Crippen molar-refractivity contribution >= 4 is 23.2 Å². The predicted molar refractivity (Wildman–Crippen MR) is 92.6 cm³/mol. The van der Waals surface area contributed by atoms with E-state index in [1.54, 1.807) is 6.20 Å². The molecule has 1 saturated carbocycles. The first kappa shape index (κ1) is 18.0. The van der Waals surface area contributed by atoms with Crippen molar-refractivity contribution in [3.8, 4) is 0 Å². The molecule has 1 aromatic heterocycles. The fourth-order valence-corrected chi connectivity index (χ4v) is 4.57. The largest absolute Gasteiger partial charge is 0.417 e. The van der Waals surface area contributed by atoms with Gasteiger partial charge in [-0.05, 0) is 54.9 Å². The van der Waals surface area contributed by atoms with Crippen molar-refractivity contribution in [1.29, 1.82) is 0 Å². The third-order valence-corrected chi connectivity index (χ3v) is 5.72. The highest BCUT2D eigenvalue weighted by Crippen LogP contribution is 2.50. The van der Waals surface area contributed by atoms with Gasteiger partial charge in [-0.15, -0.1) is 0 Å². The fraction of sp³-hybridized carbons (Fsp3) is 0.389. The van der Waals surface area contributed by atoms with E-state index in [2.05, 4.69) is 15.3 Å². The summed E-state index contributed by atoms with van der Waals surface area (Å²) in [6.07, 6.45) is -0.748. The first-order valence-electron chi connectivity index (χ1n) is 8.50. The van der Waals surface area contributed by atoms with Gasteiger partial charge in [-0.25, -0.2) is 4.79 Å². The number of amides is 1. The van der Waals surface area contributed by atoms with Gasteiger partial charge in [0, 0.05) is 17.8 Å². The second-order valence-corrected chi connectivity index (χ2v) is 7.37. The molecule has 9 heteroatoms. The van der Waals surface area contributed by atoms with Crippen LogP contribution in [0.1, 0.15) is 35.6 Å². The van der Waals surface area contributed by atoms with Crippen LogP contribution in [0.25, 0.3) is 0 Å². The molecule has 0 saturated heterocycles. The molecule has 2 aromatic rings. The zero-order valence-corrected chi connectivity index (χ0v) is 14.7. The first-order chi connectivity index (χ1) is 12.7. The van der Waals surface area contributed by atoms with E-state index in [1.165, 1.54) is 6.07 Å². The maximum atomic E-state index is 12.8. The van der Waals surface area contributed by atoms with E-state index in [9.17, 15) is 22.8 Å². The lowest BCUT2D eigenvalue weighted by Gasteiger charge is -2.30. The number of hydrogen-bond donors (Lipinski definition) is 2. The molecular weight excluding hydrogens is 383 g/mol. The van der Waals surface area contributed by atoms with Gasteiger partial charge in [0.1, 0.15) is 0 Å². The van der Waals surface area contributed by atoms with Crippen molar-refractivity contribution < 1.29 is 18.0 Å². The molecule has 1 unspecified atom stereocenters. The number of aromatic nitrogens is 2. The molecule has 5 nitrogen and oxygen atoms in total. The maximum absolute atomic E-state index is 12.8. The van der Waals surface area contributed by atoms with Gasteiger partial charge in [0.25, 0.3) is 0 Å². The molecule has 27 heavy (non-hydrogen) atoms. The number of halogens is 4. The standard InChI is InChI=1S/C18H15ClF3N3O2/c19-13-6-9(2-4-12(13)18(20,21)22)24-16(26)15-8-1-3-10(15)11-7-23-17(27)25-14(11)5-8/h2,4,6-8,10,15H,1,3,5H2,(H,24,26)(H,23,25,27)/t8-,10-,15?/m0/s1. The van der Waals surface area contributed by atoms with Crippen LogP contribution in [-0.2, 0) is 17.4 Å². The summed E-state index contributed by atoms with van der Waals surface area (Å²) >= 11 is 5.72. The molecule has 2 aliphatic carbocycles. The maximum Gasteiger partial charge on any atom is 0.417 e. The number of hydrogen-bond acceptors (Lipinski definition) is 3. The Balaban J connectivity index is 1.57. The van der Waals surface area contributed by atoms with Gasteiger partial charge in [-0.3, -0.25) is 4.79 Å². The number of rotatable bonds is 2. The van der Waals surface area contributed by atoms with Crippen LogP contribution < -0.4 is 11.0 Å². The first-order valence-corrected chi connectivity index (χ1v) is 8.88. The van der Waals surface area contributed by atoms with Crippen LogP contribution in [0, 0.1) is 11.8 Å². The molecule has 4 rings (SSSR count). The highest BCUT2D eigenvalue weighted by atomic mass is 35.5. The average molecular weight is 398 g/mol. The summed E-state index contributed by atoms with van der Waals surface area (Å²) in [6.45, 7) is 0. The van der Waals surface area contributed by atoms with Gasteiger partial charge in [-0.1, -0.05) is 11.6 Å². The molecule has 0 radical (unpaired) electrons. The van der Waals surface area contributed by atoms with Crippen molar-refractivity contribution in [1.82, 2.24) is 9.97 Å². The Labute approximate surface area is 157 Å². The molecule has 1 fully saturated rings. The minimum absolute atomic E-state index is 0.0571. The number of anilines is 1. The van der Waals surface area contributed by atoms with Crippen molar-refractivity contribution in [3.05, 3.63) is 56.7 Å². The summed E-state index contributed by atoms with van der Waals surface area (Å²) in [5.41, 5.74) is 0.476. The molecule has 1 aromatic carbocycles. The summed E-state index contributed by atoms with van der Waals surface area (Å²) in [6, 6.07) is 3.17. The van der Waals surface area contributed by atoms with Gasteiger partial charge < -0.3 is 10.3 Å². The normalized spacial score (nSPS) is 23.8. The van der Waals surface area contributed by atoms with E-state index in [1.807, 2.05) is 0 Å². The average Bonchev–Trinajstić information content (AvgIpc) is 2.89. The summed E-state index contributed by atoms with van der Waals surface area (Å²) < 4.78 is 38.4. The van der Waals surface area contributed by atoms with Crippen LogP contribution in [0.2, 0.25) is 5.02 Å². The van der Waals surface area contributed by atoms with Crippen molar-refractivity contribution in [2.45, 2.75) is 31.4 Å². The van der Waals surface area contributed by atoms with Crippen LogP contribution in [0.15, 0.2) is 29.2 Å². The number of nitrogens with one attached hydrogen (secondary N) is 2. The van der Waals surface area contributed by atoms with Crippen molar-refractivity contribution in [3.63, 3.8) is 0 Å². The Kier molecular flexibility index (Phi) is 4.25. The highest BCUT2D eigenvalue weighted by Gasteiger charge is 2.46. The number of fused-ring (bicyclic) bond motifs is 4. The van der Waals surface area contributed by atoms with E-state index in [0.717, 1.165) is 36.2 Å². The van der Waals surface area contributed by atoms with Crippen LogP contribution in [-0.4, -0.2) is 15.9 Å². The van der Waals surface area contributed by atoms with E-state index in [-0.39, 0.29) is 29.3 Å². The predicted octanol–water partition coefficient (Wildman–Crippen LogP) is 3.75. The number of aromatic amines is 1. The van der Waals surface area contributed by atoms with E-state index >= 15 is 0 Å². The summed E-state index contributed by atoms with van der Waals surface area (Å²) in [4.78, 5) is 30.8. The number of carbonyl (C=O) groups excluding carboxylic acids is 1. The summed E-state index contributed by atoms with van der Waals surface area (Å²) in [5.74, 6) is -0.573. The van der Waals surface area contributed by atoms with Crippen LogP contribution in [0.5, 0.6) is 0 Å². The van der Waals surface area contributed by atoms with Crippen LogP contribution in [0.4, 0.5) is 18.9 Å². The zero-order valence-electron chi connectivity index (χ0n) is 13.9. The number of nitrogens with zero attached hydrogens (tertiary/aromatic N) is 1. The molecule has 1 heterocycles. The quantitative estimate of drug-likeness (QED) is 0.810. The van der Waals surface area contributed by atoms with Gasteiger partial charge in [0.15, 0.2) is 0 Å². The Hall–Kier alpha value is -2.35. The number of H-pyrrole nitrogens is 1. The zero-order chi connectivity index (χ0) is 19.3. The van der Waals surface area contributed by atoms with Gasteiger partial charge in [-0.2, -0.15) is 18.2 Å². The van der Waals surface area contributed by atoms with Gasteiger partial charge in [0.05, 0.1) is 16.3 Å². The molecule has 3 atom stereocenters. The molecule has 2 bridgehead atoms. The lowest BCUT2D eigenvalue weighted by atomic mass is 9.76. The Morgan fingerprint density at radius 3 is 2.78 bits per heavy atom. The monoisotopic (exact) mass is 397 g/mol. The molecule has 142 valence electrons. The second kappa shape index (κ2) is 6.37. The smallest absolute Gasteiger partial charge is 0.326 e. The Morgan fingerprint density at radius 2 is 2.07 bits per heavy atom. The Bertz CT molecular complexity index is 973. The van der Waals surface area contributed by atoms with Gasteiger partial charge in [0.2, 0.25) is 5.91 Å². The van der Waals surface area contributed by atoms with E-state index in [0.29, 0.717) is 6.42 Å².